The number of β-lactam (4-membered cyclic amide) rings is 1. The third kappa shape index (κ3) is 2.08. The molecule has 0 saturated carbocycles. The largest absolute Gasteiger partial charge is 0.477 e. The number of fused-ring (bicyclic) bond motifs is 1. The highest BCUT2D eigenvalue weighted by atomic mass is 32.2. The highest BCUT2D eigenvalue weighted by Crippen LogP contribution is 2.42. The Morgan fingerprint density at radius 2 is 2.15 bits per heavy atom. The number of aromatic nitrogens is 1. The van der Waals surface area contributed by atoms with Crippen LogP contribution >= 0.6 is 11.8 Å². The van der Waals surface area contributed by atoms with Crippen LogP contribution in [0.3, 0.4) is 0 Å². The zero-order valence-corrected chi connectivity index (χ0v) is 11.4. The van der Waals surface area contributed by atoms with Crippen molar-refractivity contribution in [2.45, 2.75) is 23.7 Å². The molecular formula is C13H14N3O3S+. The van der Waals surface area contributed by atoms with Gasteiger partial charge < -0.3 is 10.8 Å². The summed E-state index contributed by atoms with van der Waals surface area (Å²) in [5.41, 5.74) is 6.70. The lowest BCUT2D eigenvalue weighted by Crippen LogP contribution is -2.57. The number of nitrogens with two attached hydrogens (primary N) is 1. The Balaban J connectivity index is 2.00. The molecule has 3 N–H and O–H groups in total. The van der Waals surface area contributed by atoms with Gasteiger partial charge in [-0.3, -0.25) is 9.69 Å². The van der Waals surface area contributed by atoms with Crippen LogP contribution in [0.15, 0.2) is 41.9 Å². The van der Waals surface area contributed by atoms with Crippen LogP contribution in [0, 0.1) is 0 Å². The summed E-state index contributed by atoms with van der Waals surface area (Å²) in [6.45, 7) is 0.368. The Morgan fingerprint density at radius 3 is 2.75 bits per heavy atom. The van der Waals surface area contributed by atoms with Crippen molar-refractivity contribution in [1.29, 1.82) is 0 Å². The smallest absolute Gasteiger partial charge is 0.352 e. The summed E-state index contributed by atoms with van der Waals surface area (Å²) in [5.74, 6) is -1.24. The van der Waals surface area contributed by atoms with Gasteiger partial charge in [-0.25, -0.2) is 9.36 Å². The minimum Gasteiger partial charge on any atom is -0.477 e. The van der Waals surface area contributed by atoms with Gasteiger partial charge in [-0.2, -0.15) is 0 Å². The SMILES string of the molecule is NC1S[C@@H]2CC(=O)N2C(C(=O)O)=C1C[n+]1ccccc1. The molecule has 0 aliphatic carbocycles. The van der Waals surface area contributed by atoms with E-state index in [2.05, 4.69) is 0 Å². The number of carbonyl (C=O) groups is 2. The number of nitrogens with zero attached hydrogens (tertiary/aromatic N) is 2. The molecule has 0 radical (unpaired) electrons. The van der Waals surface area contributed by atoms with Crippen molar-refractivity contribution in [1.82, 2.24) is 4.90 Å². The molecule has 2 aliphatic heterocycles. The Hall–Kier alpha value is -1.86. The van der Waals surface area contributed by atoms with Gasteiger partial charge >= 0.3 is 5.97 Å². The Bertz CT molecular complexity index is 602. The van der Waals surface area contributed by atoms with Gasteiger partial charge in [0.25, 0.3) is 0 Å². The molecule has 104 valence electrons. The van der Waals surface area contributed by atoms with Crippen molar-refractivity contribution in [3.63, 3.8) is 0 Å². The van der Waals surface area contributed by atoms with Crippen LogP contribution in [0.4, 0.5) is 0 Å². The molecule has 0 spiro atoms. The number of carboxylic acid groups (broad SMARTS) is 1. The van der Waals surface area contributed by atoms with E-state index in [-0.39, 0.29) is 17.0 Å². The summed E-state index contributed by atoms with van der Waals surface area (Å²) >= 11 is 1.44. The fourth-order valence-electron chi connectivity index (χ4n) is 2.45. The van der Waals surface area contributed by atoms with Gasteiger partial charge in [-0.15, -0.1) is 11.8 Å². The summed E-state index contributed by atoms with van der Waals surface area (Å²) < 4.78 is 1.85. The van der Waals surface area contributed by atoms with Crippen LogP contribution in [-0.4, -0.2) is 32.6 Å². The standard InChI is InChI=1S/C13H13N3O3S/c14-12-8(7-15-4-2-1-3-5-15)11(13(18)19)16-9(17)6-10(16)20-12/h1-5,10,12H,6-7,14H2/p+1/t10-,12?/m1/s1. The summed E-state index contributed by atoms with van der Waals surface area (Å²) in [4.78, 5) is 24.5. The first-order valence-electron chi connectivity index (χ1n) is 6.21. The minimum atomic E-state index is -1.09. The second-order valence-corrected chi connectivity index (χ2v) is 6.03. The average molecular weight is 292 g/mol. The highest BCUT2D eigenvalue weighted by Gasteiger charge is 2.48. The predicted octanol–water partition coefficient (Wildman–Crippen LogP) is -0.0972. The van der Waals surface area contributed by atoms with Crippen molar-refractivity contribution in [3.05, 3.63) is 41.9 Å². The molecule has 2 aliphatic rings. The van der Waals surface area contributed by atoms with Gasteiger partial charge in [0.05, 0.1) is 22.7 Å². The molecule has 3 heterocycles. The fourth-order valence-corrected chi connectivity index (χ4v) is 3.72. The van der Waals surface area contributed by atoms with Crippen LogP contribution in [0.1, 0.15) is 6.42 Å². The number of pyridine rings is 1. The summed E-state index contributed by atoms with van der Waals surface area (Å²) in [6.07, 6.45) is 4.04. The minimum absolute atomic E-state index is 0.0499. The van der Waals surface area contributed by atoms with E-state index in [1.165, 1.54) is 16.7 Å². The van der Waals surface area contributed by atoms with Gasteiger partial charge in [-0.1, -0.05) is 6.07 Å². The molecular weight excluding hydrogens is 278 g/mol. The van der Waals surface area contributed by atoms with Gasteiger partial charge in [0.1, 0.15) is 5.70 Å². The van der Waals surface area contributed by atoms with E-state index in [0.29, 0.717) is 18.5 Å². The number of carboxylic acids is 1. The molecule has 1 fully saturated rings. The molecule has 7 heteroatoms. The normalized spacial score (nSPS) is 25.2. The molecule has 0 bridgehead atoms. The first kappa shape index (κ1) is 13.1. The lowest BCUT2D eigenvalue weighted by molar-refractivity contribution is -0.689. The van der Waals surface area contributed by atoms with E-state index in [1.54, 1.807) is 0 Å². The van der Waals surface area contributed by atoms with Gasteiger partial charge in [0.2, 0.25) is 5.91 Å². The van der Waals surface area contributed by atoms with E-state index < -0.39 is 11.3 Å². The second-order valence-electron chi connectivity index (χ2n) is 4.71. The van der Waals surface area contributed by atoms with Crippen molar-refractivity contribution in [2.75, 3.05) is 0 Å². The average Bonchev–Trinajstić information content (AvgIpc) is 2.41. The quantitative estimate of drug-likeness (QED) is 0.600. The predicted molar refractivity (Wildman–Crippen MR) is 72.1 cm³/mol. The number of hydrogen-bond donors (Lipinski definition) is 2. The maximum Gasteiger partial charge on any atom is 0.352 e. The third-order valence-electron chi connectivity index (χ3n) is 3.43. The van der Waals surface area contributed by atoms with E-state index >= 15 is 0 Å². The van der Waals surface area contributed by atoms with Crippen LogP contribution in [0.5, 0.6) is 0 Å². The van der Waals surface area contributed by atoms with Crippen molar-refractivity contribution >= 4 is 23.6 Å². The molecule has 1 aromatic rings. The Kier molecular flexibility index (Phi) is 3.23. The first-order chi connectivity index (χ1) is 9.58. The Labute approximate surface area is 119 Å². The molecule has 2 atom stereocenters. The van der Waals surface area contributed by atoms with Crippen molar-refractivity contribution in [3.8, 4) is 0 Å². The zero-order valence-electron chi connectivity index (χ0n) is 10.6. The zero-order chi connectivity index (χ0) is 14.3. The molecule has 6 nitrogen and oxygen atoms in total. The van der Waals surface area contributed by atoms with E-state index in [9.17, 15) is 14.7 Å². The maximum atomic E-state index is 11.7. The van der Waals surface area contributed by atoms with Gasteiger partial charge in [0.15, 0.2) is 18.9 Å². The lowest BCUT2D eigenvalue weighted by Gasteiger charge is -2.45. The number of amides is 1. The molecule has 1 unspecified atom stereocenters. The number of thioether (sulfide) groups is 1. The van der Waals surface area contributed by atoms with Crippen LogP contribution < -0.4 is 10.3 Å². The van der Waals surface area contributed by atoms with Gasteiger partial charge in [-0.05, 0) is 0 Å². The molecule has 20 heavy (non-hydrogen) atoms. The number of hydrogen-bond acceptors (Lipinski definition) is 4. The van der Waals surface area contributed by atoms with Crippen LogP contribution in [-0.2, 0) is 16.1 Å². The van der Waals surface area contributed by atoms with Crippen molar-refractivity contribution < 1.29 is 19.3 Å². The molecule has 3 rings (SSSR count). The van der Waals surface area contributed by atoms with E-state index in [0.717, 1.165) is 0 Å². The lowest BCUT2D eigenvalue weighted by atomic mass is 10.1. The monoisotopic (exact) mass is 292 g/mol. The summed E-state index contributed by atoms with van der Waals surface area (Å²) in [5, 5.41) is 8.89. The number of rotatable bonds is 3. The van der Waals surface area contributed by atoms with Crippen molar-refractivity contribution in [2.24, 2.45) is 5.73 Å². The third-order valence-corrected chi connectivity index (χ3v) is 4.70. The summed E-state index contributed by atoms with van der Waals surface area (Å²) in [6, 6.07) is 5.60. The van der Waals surface area contributed by atoms with Crippen LogP contribution in [0.2, 0.25) is 0 Å². The maximum absolute atomic E-state index is 11.7. The highest BCUT2D eigenvalue weighted by molar-refractivity contribution is 8.00. The summed E-state index contributed by atoms with van der Waals surface area (Å²) in [7, 11) is 0. The molecule has 1 aromatic heterocycles. The van der Waals surface area contributed by atoms with E-state index in [1.807, 2.05) is 35.2 Å². The topological polar surface area (TPSA) is 87.5 Å². The number of carbonyl (C=O) groups excluding carboxylic acids is 1. The molecule has 0 aromatic carbocycles. The van der Waals surface area contributed by atoms with Crippen LogP contribution in [0.25, 0.3) is 0 Å². The molecule has 1 saturated heterocycles. The van der Waals surface area contributed by atoms with Gasteiger partial charge in [0, 0.05) is 12.1 Å². The first-order valence-corrected chi connectivity index (χ1v) is 7.15. The number of aliphatic carboxylic acids is 1. The Morgan fingerprint density at radius 1 is 1.45 bits per heavy atom. The van der Waals surface area contributed by atoms with E-state index in [4.69, 9.17) is 5.73 Å². The fraction of sp³-hybridized carbons (Fsp3) is 0.308. The second kappa shape index (κ2) is 4.92. The molecule has 1 amide bonds.